The Bertz CT molecular complexity index is 1880. The van der Waals surface area contributed by atoms with E-state index in [-0.39, 0.29) is 10.5 Å². The minimum Gasteiger partial charge on any atom is -0.288 e. The number of sulfonamides is 1. The van der Waals surface area contributed by atoms with E-state index in [0.29, 0.717) is 62.4 Å². The summed E-state index contributed by atoms with van der Waals surface area (Å²) in [6, 6.07) is 21.4. The van der Waals surface area contributed by atoms with Crippen LogP contribution in [0.3, 0.4) is 0 Å². The van der Waals surface area contributed by atoms with Gasteiger partial charge in [0.05, 0.1) is 26.9 Å². The molecule has 0 aliphatic carbocycles. The number of halogens is 2. The third-order valence-corrected chi connectivity index (χ3v) is 9.44. The monoisotopic (exact) mass is 608 g/mol. The second kappa shape index (κ2) is 11.8. The summed E-state index contributed by atoms with van der Waals surface area (Å²) in [4.78, 5) is 18.9. The molecular weight excluding hydrogens is 579 g/mol. The Morgan fingerprint density at radius 2 is 1.56 bits per heavy atom. The zero-order chi connectivity index (χ0) is 29.3. The normalized spacial score (nSPS) is 12.0. The van der Waals surface area contributed by atoms with E-state index in [2.05, 4.69) is 5.10 Å². The van der Waals surface area contributed by atoms with E-state index in [1.807, 2.05) is 50.2 Å². The van der Waals surface area contributed by atoms with Crippen molar-refractivity contribution in [1.82, 2.24) is 18.9 Å². The van der Waals surface area contributed by atoms with Gasteiger partial charge in [0.2, 0.25) is 10.0 Å². The van der Waals surface area contributed by atoms with Crippen molar-refractivity contribution in [3.63, 3.8) is 0 Å². The van der Waals surface area contributed by atoms with Crippen LogP contribution in [0.4, 0.5) is 0 Å². The van der Waals surface area contributed by atoms with Crippen LogP contribution in [0.5, 0.6) is 0 Å². The highest BCUT2D eigenvalue weighted by Gasteiger charge is 2.25. The van der Waals surface area contributed by atoms with E-state index in [1.54, 1.807) is 43.3 Å². The van der Waals surface area contributed by atoms with E-state index >= 15 is 0 Å². The predicted octanol–water partition coefficient (Wildman–Crippen LogP) is 7.45. The Labute approximate surface area is 249 Å². The van der Waals surface area contributed by atoms with Crippen molar-refractivity contribution in [3.05, 3.63) is 98.8 Å². The minimum absolute atomic E-state index is 0.209. The average molecular weight is 610 g/mol. The second-order valence-electron chi connectivity index (χ2n) is 9.83. The highest BCUT2D eigenvalue weighted by molar-refractivity contribution is 7.89. The van der Waals surface area contributed by atoms with Gasteiger partial charge in [-0.05, 0) is 44.0 Å². The molecule has 0 bridgehead atoms. The van der Waals surface area contributed by atoms with Crippen LogP contribution >= 0.6 is 23.2 Å². The highest BCUT2D eigenvalue weighted by Crippen LogP contribution is 2.39. The summed E-state index contributed by atoms with van der Waals surface area (Å²) in [6.45, 7) is 6.54. The number of nitrogens with zero attached hydrogens (tertiary/aromatic N) is 3. The van der Waals surface area contributed by atoms with Gasteiger partial charge in [0.15, 0.2) is 5.65 Å². The van der Waals surface area contributed by atoms with Gasteiger partial charge in [0.1, 0.15) is 0 Å². The van der Waals surface area contributed by atoms with Gasteiger partial charge < -0.3 is 0 Å². The third kappa shape index (κ3) is 5.45. The maximum Gasteiger partial charge on any atom is 0.276 e. The predicted molar refractivity (Wildman–Crippen MR) is 166 cm³/mol. The fourth-order valence-corrected chi connectivity index (χ4v) is 7.11. The fourth-order valence-electron chi connectivity index (χ4n) is 4.98. The van der Waals surface area contributed by atoms with Crippen LogP contribution in [-0.4, -0.2) is 40.4 Å². The number of H-pyrrole nitrogens is 1. The fraction of sp³-hybridized carbons (Fsp3) is 0.226. The molecule has 3 aromatic carbocycles. The lowest BCUT2D eigenvalue weighted by atomic mass is 10.0. The number of aromatic amines is 1. The zero-order valence-corrected chi connectivity index (χ0v) is 25.3. The van der Waals surface area contributed by atoms with Crippen molar-refractivity contribution in [3.8, 4) is 33.6 Å². The molecule has 2 heterocycles. The standard InChI is InChI=1S/C31H30Cl2N4O3S/c1-4-17-36(18-5-2)41(39,40)24-14-11-22(12-15-24)28-20(3)31(38)37-30(34-28)27(25-16-13-23(32)19-26(25)33)29(35-37)21-9-7-6-8-10-21/h6-16,19,35H,4-5,17-18H2,1-3H3. The Balaban J connectivity index is 1.70. The summed E-state index contributed by atoms with van der Waals surface area (Å²) in [5, 5.41) is 4.15. The molecule has 0 aliphatic rings. The smallest absolute Gasteiger partial charge is 0.276 e. The molecule has 0 amide bonds. The van der Waals surface area contributed by atoms with Crippen LogP contribution in [0, 0.1) is 6.92 Å². The number of hydrogen-bond donors (Lipinski definition) is 1. The molecular formula is C31H30Cl2N4O3S. The first-order chi connectivity index (χ1) is 19.7. The van der Waals surface area contributed by atoms with Gasteiger partial charge in [-0.2, -0.15) is 4.31 Å². The van der Waals surface area contributed by atoms with E-state index < -0.39 is 10.0 Å². The molecule has 0 aliphatic heterocycles. The lowest BCUT2D eigenvalue weighted by molar-refractivity contribution is 0.410. The van der Waals surface area contributed by atoms with Gasteiger partial charge in [-0.25, -0.2) is 17.9 Å². The first-order valence-electron chi connectivity index (χ1n) is 13.4. The van der Waals surface area contributed by atoms with Gasteiger partial charge in [-0.3, -0.25) is 9.89 Å². The molecule has 0 radical (unpaired) electrons. The first-order valence-corrected chi connectivity index (χ1v) is 15.6. The summed E-state index contributed by atoms with van der Waals surface area (Å²) in [5.41, 5.74) is 4.51. The van der Waals surface area contributed by atoms with Crippen molar-refractivity contribution in [2.45, 2.75) is 38.5 Å². The molecule has 41 heavy (non-hydrogen) atoms. The minimum atomic E-state index is -3.64. The van der Waals surface area contributed by atoms with E-state index in [0.717, 1.165) is 18.4 Å². The molecule has 0 saturated heterocycles. The third-order valence-electron chi connectivity index (χ3n) is 6.98. The number of rotatable bonds is 9. The summed E-state index contributed by atoms with van der Waals surface area (Å²) >= 11 is 12.9. The summed E-state index contributed by atoms with van der Waals surface area (Å²) in [5.74, 6) is 0. The lowest BCUT2D eigenvalue weighted by Gasteiger charge is -2.21. The van der Waals surface area contributed by atoms with E-state index in [4.69, 9.17) is 28.2 Å². The lowest BCUT2D eigenvalue weighted by Crippen LogP contribution is -2.32. The van der Waals surface area contributed by atoms with Crippen LogP contribution in [-0.2, 0) is 10.0 Å². The molecule has 0 fully saturated rings. The van der Waals surface area contributed by atoms with Crippen LogP contribution in [0.25, 0.3) is 39.3 Å². The molecule has 0 atom stereocenters. The van der Waals surface area contributed by atoms with Gasteiger partial charge >= 0.3 is 0 Å². The van der Waals surface area contributed by atoms with Crippen molar-refractivity contribution in [2.24, 2.45) is 0 Å². The second-order valence-corrected chi connectivity index (χ2v) is 12.6. The number of benzene rings is 3. The highest BCUT2D eigenvalue weighted by atomic mass is 35.5. The first kappa shape index (κ1) is 29.1. The maximum absolute atomic E-state index is 13.7. The molecule has 5 aromatic rings. The van der Waals surface area contributed by atoms with Crippen molar-refractivity contribution in [2.75, 3.05) is 13.1 Å². The van der Waals surface area contributed by atoms with E-state index in [9.17, 15) is 13.2 Å². The van der Waals surface area contributed by atoms with Crippen LogP contribution in [0.2, 0.25) is 10.0 Å². The molecule has 7 nitrogen and oxygen atoms in total. The van der Waals surface area contributed by atoms with Crippen molar-refractivity contribution >= 4 is 38.9 Å². The Morgan fingerprint density at radius 1 is 0.902 bits per heavy atom. The Kier molecular flexibility index (Phi) is 8.38. The number of nitrogens with one attached hydrogen (secondary N) is 1. The molecule has 10 heteroatoms. The van der Waals surface area contributed by atoms with Crippen LogP contribution < -0.4 is 5.56 Å². The SMILES string of the molecule is CCCN(CCC)S(=O)(=O)c1ccc(-c2nc3c(-c4ccc(Cl)cc4Cl)c(-c4ccccc4)[nH]n3c(=O)c2C)cc1. The Hall–Kier alpha value is -3.43. The van der Waals surface area contributed by atoms with Crippen molar-refractivity contribution < 1.29 is 8.42 Å². The number of fused-ring (bicyclic) bond motifs is 1. The molecule has 0 unspecified atom stereocenters. The summed E-state index contributed by atoms with van der Waals surface area (Å²) in [6.07, 6.45) is 1.46. The van der Waals surface area contributed by atoms with Gasteiger partial charge in [0.25, 0.3) is 5.56 Å². The molecule has 212 valence electrons. The van der Waals surface area contributed by atoms with Gasteiger partial charge in [-0.15, -0.1) is 0 Å². The van der Waals surface area contributed by atoms with Crippen molar-refractivity contribution in [1.29, 1.82) is 0 Å². The molecule has 2 aromatic heterocycles. The summed E-state index contributed by atoms with van der Waals surface area (Å²) in [7, 11) is -3.64. The topological polar surface area (TPSA) is 87.5 Å². The van der Waals surface area contributed by atoms with Crippen LogP contribution in [0.1, 0.15) is 32.3 Å². The van der Waals surface area contributed by atoms with Gasteiger partial charge in [-0.1, -0.05) is 85.6 Å². The van der Waals surface area contributed by atoms with E-state index in [1.165, 1.54) is 8.82 Å². The van der Waals surface area contributed by atoms with Gasteiger partial charge in [0, 0.05) is 40.4 Å². The summed E-state index contributed by atoms with van der Waals surface area (Å²) < 4.78 is 29.5. The Morgan fingerprint density at radius 3 is 2.17 bits per heavy atom. The quantitative estimate of drug-likeness (QED) is 0.188. The number of aromatic nitrogens is 3. The average Bonchev–Trinajstić information content (AvgIpc) is 3.35. The largest absolute Gasteiger partial charge is 0.288 e. The molecule has 0 saturated carbocycles. The number of hydrogen-bond acceptors (Lipinski definition) is 4. The maximum atomic E-state index is 13.7. The van der Waals surface area contributed by atoms with Crippen LogP contribution in [0.15, 0.2) is 82.5 Å². The molecule has 1 N–H and O–H groups in total. The molecule has 5 rings (SSSR count). The zero-order valence-electron chi connectivity index (χ0n) is 23.0. The molecule has 0 spiro atoms.